The largest absolute Gasteiger partial charge is 0.369 e. The highest BCUT2D eigenvalue weighted by molar-refractivity contribution is 7.17. The Hall–Kier alpha value is -2.51. The number of hydrogen-bond donors (Lipinski definition) is 2. The summed E-state index contributed by atoms with van der Waals surface area (Å²) < 4.78 is 0. The lowest BCUT2D eigenvalue weighted by atomic mass is 10.1. The fraction of sp³-hybridized carbons (Fsp3) is 0.350. The van der Waals surface area contributed by atoms with Crippen molar-refractivity contribution in [2.24, 2.45) is 0 Å². The molecule has 0 aliphatic carbocycles. The summed E-state index contributed by atoms with van der Waals surface area (Å²) in [6, 6.07) is 10.3. The Balaban J connectivity index is 1.47. The second kappa shape index (κ2) is 8.45. The fourth-order valence-corrected chi connectivity index (χ4v) is 4.30. The van der Waals surface area contributed by atoms with E-state index in [0.717, 1.165) is 59.8 Å². The number of thiophene rings is 1. The predicted molar refractivity (Wildman–Crippen MR) is 110 cm³/mol. The summed E-state index contributed by atoms with van der Waals surface area (Å²) >= 11 is 1.61. The third kappa shape index (κ3) is 4.09. The van der Waals surface area contributed by atoms with Crippen molar-refractivity contribution in [3.63, 3.8) is 0 Å². The second-order valence-corrected chi connectivity index (χ2v) is 7.44. The Morgan fingerprint density at radius 1 is 1.19 bits per heavy atom. The third-order valence-corrected chi connectivity index (χ3v) is 5.67. The maximum Gasteiger partial charge on any atom is 0.224 e. The van der Waals surface area contributed by atoms with Crippen LogP contribution < -0.4 is 10.6 Å². The van der Waals surface area contributed by atoms with Crippen LogP contribution in [-0.4, -0.2) is 53.5 Å². The van der Waals surface area contributed by atoms with Crippen molar-refractivity contribution in [3.05, 3.63) is 42.0 Å². The Bertz CT molecular complexity index is 903. The molecule has 1 amide bonds. The number of hydrogen-bond acceptors (Lipinski definition) is 6. The van der Waals surface area contributed by atoms with Gasteiger partial charge in [0.1, 0.15) is 17.0 Å². The van der Waals surface area contributed by atoms with Gasteiger partial charge in [0, 0.05) is 43.5 Å². The molecule has 27 heavy (non-hydrogen) atoms. The number of anilines is 1. The first-order chi connectivity index (χ1) is 13.3. The monoisotopic (exact) mass is 381 g/mol. The van der Waals surface area contributed by atoms with E-state index in [0.29, 0.717) is 13.0 Å². The summed E-state index contributed by atoms with van der Waals surface area (Å²) in [6.45, 7) is 4.06. The summed E-state index contributed by atoms with van der Waals surface area (Å²) in [4.78, 5) is 24.2. The molecule has 0 bridgehead atoms. The molecule has 3 aromatic rings. The maximum absolute atomic E-state index is 12.5. The zero-order valence-corrected chi connectivity index (χ0v) is 16.0. The van der Waals surface area contributed by atoms with E-state index in [1.807, 2.05) is 23.1 Å². The zero-order valence-electron chi connectivity index (χ0n) is 15.1. The van der Waals surface area contributed by atoms with Gasteiger partial charge in [-0.05, 0) is 18.5 Å². The van der Waals surface area contributed by atoms with Crippen LogP contribution in [0.3, 0.4) is 0 Å². The average Bonchev–Trinajstić information content (AvgIpc) is 2.95. The molecular formula is C20H23N5OS. The van der Waals surface area contributed by atoms with Gasteiger partial charge >= 0.3 is 0 Å². The van der Waals surface area contributed by atoms with Crippen molar-refractivity contribution in [2.45, 2.75) is 12.8 Å². The smallest absolute Gasteiger partial charge is 0.224 e. The number of fused-ring (bicyclic) bond motifs is 1. The van der Waals surface area contributed by atoms with Crippen molar-refractivity contribution in [1.29, 1.82) is 0 Å². The van der Waals surface area contributed by atoms with E-state index in [1.165, 1.54) is 0 Å². The minimum absolute atomic E-state index is 0.199. The molecule has 1 aromatic carbocycles. The number of carbonyl (C=O) groups is 1. The minimum Gasteiger partial charge on any atom is -0.369 e. The molecule has 2 aromatic heterocycles. The lowest BCUT2D eigenvalue weighted by Crippen LogP contribution is -2.35. The molecule has 0 unspecified atom stereocenters. The van der Waals surface area contributed by atoms with Gasteiger partial charge in [-0.2, -0.15) is 0 Å². The summed E-state index contributed by atoms with van der Waals surface area (Å²) in [7, 11) is 0. The van der Waals surface area contributed by atoms with Crippen LogP contribution in [0.15, 0.2) is 42.0 Å². The summed E-state index contributed by atoms with van der Waals surface area (Å²) in [5.74, 6) is 0.996. The van der Waals surface area contributed by atoms with Crippen LogP contribution in [0.1, 0.15) is 12.8 Å². The molecule has 1 aliphatic rings. The topological polar surface area (TPSA) is 70.2 Å². The number of benzene rings is 1. The average molecular weight is 382 g/mol. The molecule has 7 heteroatoms. The lowest BCUT2D eigenvalue weighted by molar-refractivity contribution is -0.130. The number of amides is 1. The van der Waals surface area contributed by atoms with Crippen molar-refractivity contribution in [1.82, 2.24) is 20.2 Å². The van der Waals surface area contributed by atoms with Crippen LogP contribution in [0.2, 0.25) is 0 Å². The second-order valence-electron chi connectivity index (χ2n) is 6.58. The van der Waals surface area contributed by atoms with E-state index in [-0.39, 0.29) is 5.91 Å². The molecule has 1 saturated heterocycles. The highest BCUT2D eigenvalue weighted by atomic mass is 32.1. The number of rotatable bonds is 5. The Morgan fingerprint density at radius 2 is 2.07 bits per heavy atom. The fourth-order valence-electron chi connectivity index (χ4n) is 3.38. The Labute approximate surface area is 162 Å². The SMILES string of the molecule is O=C(CCNc1ncnc2scc(-c3ccccc3)c12)N1CCCNCC1. The van der Waals surface area contributed by atoms with Gasteiger partial charge in [-0.15, -0.1) is 11.3 Å². The van der Waals surface area contributed by atoms with E-state index < -0.39 is 0 Å². The highest BCUT2D eigenvalue weighted by Crippen LogP contribution is 2.36. The van der Waals surface area contributed by atoms with Crippen LogP contribution in [0.4, 0.5) is 5.82 Å². The van der Waals surface area contributed by atoms with E-state index in [4.69, 9.17) is 0 Å². The van der Waals surface area contributed by atoms with Crippen LogP contribution in [0.5, 0.6) is 0 Å². The first-order valence-electron chi connectivity index (χ1n) is 9.33. The van der Waals surface area contributed by atoms with Crippen molar-refractivity contribution in [2.75, 3.05) is 38.0 Å². The van der Waals surface area contributed by atoms with Gasteiger partial charge < -0.3 is 15.5 Å². The molecule has 0 radical (unpaired) electrons. The van der Waals surface area contributed by atoms with Gasteiger partial charge in [0.05, 0.1) is 5.39 Å². The van der Waals surface area contributed by atoms with Gasteiger partial charge in [-0.3, -0.25) is 4.79 Å². The molecule has 0 spiro atoms. The van der Waals surface area contributed by atoms with Crippen LogP contribution in [0.25, 0.3) is 21.3 Å². The quantitative estimate of drug-likeness (QED) is 0.711. The summed E-state index contributed by atoms with van der Waals surface area (Å²) in [5, 5.41) is 9.84. The molecule has 1 fully saturated rings. The lowest BCUT2D eigenvalue weighted by Gasteiger charge is -2.20. The first-order valence-corrected chi connectivity index (χ1v) is 10.2. The number of aromatic nitrogens is 2. The van der Waals surface area contributed by atoms with Crippen molar-refractivity contribution in [3.8, 4) is 11.1 Å². The number of carbonyl (C=O) groups excluding carboxylic acids is 1. The highest BCUT2D eigenvalue weighted by Gasteiger charge is 2.16. The molecule has 0 saturated carbocycles. The Kier molecular flexibility index (Phi) is 5.60. The van der Waals surface area contributed by atoms with Gasteiger partial charge in [-0.25, -0.2) is 9.97 Å². The molecule has 2 N–H and O–H groups in total. The first kappa shape index (κ1) is 17.9. The molecule has 140 valence electrons. The van der Waals surface area contributed by atoms with E-state index in [2.05, 4.69) is 38.1 Å². The normalized spacial score (nSPS) is 14.9. The predicted octanol–water partition coefficient (Wildman–Crippen LogP) is 2.98. The maximum atomic E-state index is 12.5. The van der Waals surface area contributed by atoms with Crippen LogP contribution >= 0.6 is 11.3 Å². The number of nitrogens with zero attached hydrogens (tertiary/aromatic N) is 3. The minimum atomic E-state index is 0.199. The van der Waals surface area contributed by atoms with Crippen molar-refractivity contribution >= 4 is 33.3 Å². The van der Waals surface area contributed by atoms with Gasteiger partial charge in [-0.1, -0.05) is 30.3 Å². The summed E-state index contributed by atoms with van der Waals surface area (Å²) in [6.07, 6.45) is 3.07. The molecule has 3 heterocycles. The Morgan fingerprint density at radius 3 is 2.96 bits per heavy atom. The van der Waals surface area contributed by atoms with Crippen molar-refractivity contribution < 1.29 is 4.79 Å². The van der Waals surface area contributed by atoms with Crippen LogP contribution in [-0.2, 0) is 4.79 Å². The van der Waals surface area contributed by atoms with Gasteiger partial charge in [0.2, 0.25) is 5.91 Å². The van der Waals surface area contributed by atoms with E-state index in [1.54, 1.807) is 17.7 Å². The molecular weight excluding hydrogens is 358 g/mol. The standard InChI is InChI=1S/C20H23N5OS/c26-17(25-11-4-8-21-10-12-25)7-9-22-19-18-16(15-5-2-1-3-6-15)13-27-20(18)24-14-23-19/h1-3,5-6,13-14,21H,4,7-12H2,(H,22,23,24). The summed E-state index contributed by atoms with van der Waals surface area (Å²) in [5.41, 5.74) is 2.28. The number of nitrogens with one attached hydrogen (secondary N) is 2. The molecule has 6 nitrogen and oxygen atoms in total. The van der Waals surface area contributed by atoms with Gasteiger partial charge in [0.15, 0.2) is 0 Å². The zero-order chi connectivity index (χ0) is 18.5. The third-order valence-electron chi connectivity index (χ3n) is 4.78. The molecule has 1 aliphatic heterocycles. The molecule has 4 rings (SSSR count). The molecule has 0 atom stereocenters. The van der Waals surface area contributed by atoms with Crippen LogP contribution in [0, 0.1) is 0 Å². The van der Waals surface area contributed by atoms with Gasteiger partial charge in [0.25, 0.3) is 0 Å². The van der Waals surface area contributed by atoms with E-state index in [9.17, 15) is 4.79 Å². The van der Waals surface area contributed by atoms with E-state index >= 15 is 0 Å².